The Morgan fingerprint density at radius 1 is 1.18 bits per heavy atom. The van der Waals surface area contributed by atoms with Gasteiger partial charge in [0.15, 0.2) is 0 Å². The number of methoxy groups -OCH3 is 3. The van der Waals surface area contributed by atoms with Crippen molar-refractivity contribution in [2.45, 2.75) is 12.2 Å². The number of nitrogens with two attached hydrogens (primary N) is 1. The third kappa shape index (κ3) is 6.28. The van der Waals surface area contributed by atoms with Crippen LogP contribution in [0.5, 0.6) is 5.75 Å². The van der Waals surface area contributed by atoms with Crippen LogP contribution in [-0.2, 0) is 9.47 Å². The Bertz CT molecular complexity index is 1340. The maximum Gasteiger partial charge on any atom is 0.254 e. The number of likely N-dealkylation sites (tertiary alicyclic amines) is 1. The fraction of sp³-hybridized carbons (Fsp3) is 0.321. The molecule has 10 heteroatoms. The molecule has 1 saturated heterocycles. The smallest absolute Gasteiger partial charge is 0.254 e. The highest BCUT2D eigenvalue weighted by Crippen LogP contribution is 2.30. The predicted molar refractivity (Wildman–Crippen MR) is 148 cm³/mol. The van der Waals surface area contributed by atoms with E-state index in [2.05, 4.69) is 15.3 Å². The average Bonchev–Trinajstić information content (AvgIpc) is 2.90. The third-order valence-electron chi connectivity index (χ3n) is 6.32. The number of amides is 1. The molecule has 1 fully saturated rings. The number of pyridine rings is 1. The van der Waals surface area contributed by atoms with Gasteiger partial charge in [-0.15, -0.1) is 0 Å². The minimum atomic E-state index is -0.672. The van der Waals surface area contributed by atoms with Gasteiger partial charge in [-0.2, -0.15) is 0 Å². The van der Waals surface area contributed by atoms with Crippen molar-refractivity contribution in [1.82, 2.24) is 9.88 Å². The molecule has 1 unspecified atom stereocenters. The number of benzene rings is 2. The van der Waals surface area contributed by atoms with Gasteiger partial charge in [-0.3, -0.25) is 9.79 Å². The molecule has 200 valence electrons. The lowest BCUT2D eigenvalue weighted by Gasteiger charge is -2.38. The minimum absolute atomic E-state index is 0.0555. The highest BCUT2D eigenvalue weighted by Gasteiger charge is 2.31. The monoisotopic (exact) mass is 519 g/mol. The summed E-state index contributed by atoms with van der Waals surface area (Å²) in [6, 6.07) is 13.1. The van der Waals surface area contributed by atoms with Gasteiger partial charge in [-0.1, -0.05) is 12.1 Å². The van der Waals surface area contributed by atoms with Crippen LogP contribution in [0, 0.1) is 0 Å². The van der Waals surface area contributed by atoms with Crippen LogP contribution >= 0.6 is 0 Å². The van der Waals surface area contributed by atoms with Gasteiger partial charge in [-0.05, 0) is 41.3 Å². The number of aliphatic hydroxyl groups excluding tert-OH is 1. The largest absolute Gasteiger partial charge is 0.495 e. The van der Waals surface area contributed by atoms with Crippen LogP contribution in [0.2, 0.25) is 0 Å². The Hall–Kier alpha value is -3.99. The van der Waals surface area contributed by atoms with Gasteiger partial charge in [0.2, 0.25) is 0 Å². The highest BCUT2D eigenvalue weighted by molar-refractivity contribution is 6.10. The first-order chi connectivity index (χ1) is 18.4. The molecule has 2 aromatic carbocycles. The lowest BCUT2D eigenvalue weighted by Crippen LogP contribution is -2.54. The van der Waals surface area contributed by atoms with Gasteiger partial charge >= 0.3 is 0 Å². The van der Waals surface area contributed by atoms with Crippen LogP contribution < -0.4 is 15.8 Å². The molecular weight excluding hydrogens is 486 g/mol. The zero-order valence-corrected chi connectivity index (χ0v) is 21.8. The first-order valence-corrected chi connectivity index (χ1v) is 12.2. The van der Waals surface area contributed by atoms with Gasteiger partial charge in [-0.25, -0.2) is 4.98 Å². The number of nitrogens with zero attached hydrogens (tertiary/aromatic N) is 3. The van der Waals surface area contributed by atoms with Crippen molar-refractivity contribution in [3.8, 4) is 5.75 Å². The van der Waals surface area contributed by atoms with Crippen LogP contribution in [0.4, 0.5) is 11.5 Å². The SMILES string of the molecule is COCC(O)CN=CC(=CN)c1ccc2cnc(Nc3ccc(C(=O)N4CC(OC)C4)cc3OC)cc2c1. The molecule has 4 N–H and O–H groups in total. The van der Waals surface area contributed by atoms with E-state index in [1.165, 1.54) is 13.3 Å². The molecule has 0 spiro atoms. The van der Waals surface area contributed by atoms with E-state index >= 15 is 0 Å². The second kappa shape index (κ2) is 12.5. The van der Waals surface area contributed by atoms with Gasteiger partial charge in [0.1, 0.15) is 11.6 Å². The fourth-order valence-corrected chi connectivity index (χ4v) is 4.12. The summed E-state index contributed by atoms with van der Waals surface area (Å²) < 4.78 is 15.7. The molecule has 1 aliphatic rings. The zero-order chi connectivity index (χ0) is 27.1. The Kier molecular flexibility index (Phi) is 8.90. The second-order valence-corrected chi connectivity index (χ2v) is 8.96. The summed E-state index contributed by atoms with van der Waals surface area (Å²) in [7, 11) is 4.75. The van der Waals surface area contributed by atoms with Crippen molar-refractivity contribution >= 4 is 40.0 Å². The van der Waals surface area contributed by atoms with E-state index in [0.717, 1.165) is 21.9 Å². The average molecular weight is 520 g/mol. The summed E-state index contributed by atoms with van der Waals surface area (Å²) in [6.07, 6.45) is 4.33. The van der Waals surface area contributed by atoms with E-state index in [4.69, 9.17) is 19.9 Å². The molecule has 0 aliphatic carbocycles. The fourth-order valence-electron chi connectivity index (χ4n) is 4.12. The molecule has 3 aromatic rings. The van der Waals surface area contributed by atoms with E-state index < -0.39 is 6.10 Å². The molecule has 1 amide bonds. The van der Waals surface area contributed by atoms with Crippen molar-refractivity contribution in [1.29, 1.82) is 0 Å². The van der Waals surface area contributed by atoms with E-state index in [1.54, 1.807) is 43.7 Å². The Labute approximate surface area is 221 Å². The molecule has 4 rings (SSSR count). The lowest BCUT2D eigenvalue weighted by atomic mass is 10.0. The summed E-state index contributed by atoms with van der Waals surface area (Å²) in [6.45, 7) is 1.61. The number of aliphatic hydroxyl groups is 1. The van der Waals surface area contributed by atoms with E-state index in [-0.39, 0.29) is 25.2 Å². The van der Waals surface area contributed by atoms with Crippen LogP contribution in [0.1, 0.15) is 15.9 Å². The van der Waals surface area contributed by atoms with Crippen LogP contribution in [0.3, 0.4) is 0 Å². The van der Waals surface area contributed by atoms with Crippen LogP contribution in [-0.4, -0.2) is 86.9 Å². The van der Waals surface area contributed by atoms with Crippen molar-refractivity contribution in [2.75, 3.05) is 52.9 Å². The first-order valence-electron chi connectivity index (χ1n) is 12.2. The number of aliphatic imine (C=N–C) groups is 1. The number of nitrogens with one attached hydrogen (secondary N) is 1. The molecule has 1 aliphatic heterocycles. The van der Waals surface area contributed by atoms with Crippen molar-refractivity contribution in [3.63, 3.8) is 0 Å². The number of allylic oxidation sites excluding steroid dienone is 1. The Morgan fingerprint density at radius 2 is 1.97 bits per heavy atom. The molecule has 2 heterocycles. The molecule has 38 heavy (non-hydrogen) atoms. The van der Waals surface area contributed by atoms with E-state index in [9.17, 15) is 9.90 Å². The third-order valence-corrected chi connectivity index (χ3v) is 6.32. The molecule has 0 bridgehead atoms. The molecular formula is C28H33N5O5. The van der Waals surface area contributed by atoms with E-state index in [0.29, 0.717) is 35.9 Å². The lowest BCUT2D eigenvalue weighted by molar-refractivity contribution is -0.0192. The van der Waals surface area contributed by atoms with Gasteiger partial charge in [0.05, 0.1) is 38.2 Å². The highest BCUT2D eigenvalue weighted by atomic mass is 16.5. The quantitative estimate of drug-likeness (QED) is 0.330. The van der Waals surface area contributed by atoms with Gasteiger partial charge in [0, 0.05) is 62.4 Å². The summed E-state index contributed by atoms with van der Waals surface area (Å²) >= 11 is 0. The molecule has 1 aromatic heterocycles. The van der Waals surface area contributed by atoms with Crippen LogP contribution in [0.15, 0.2) is 59.9 Å². The number of carbonyl (C=O) groups excluding carboxylic acids is 1. The summed E-state index contributed by atoms with van der Waals surface area (Å²) in [5.74, 6) is 1.10. The maximum atomic E-state index is 12.8. The van der Waals surface area contributed by atoms with Gasteiger partial charge < -0.3 is 35.3 Å². The molecule has 1 atom stereocenters. The number of fused-ring (bicyclic) bond motifs is 1. The standard InChI is InChI=1S/C28H33N5O5/c1-36-17-23(34)14-30-12-22(11-29)18-4-5-20-13-31-27(10-21(20)8-18)32-25-7-6-19(9-26(25)38-3)28(35)33-15-24(16-33)37-2/h4-13,23-24,34H,14-17,29H2,1-3H3,(H,31,32). The van der Waals surface area contributed by atoms with Crippen molar-refractivity contribution in [3.05, 3.63) is 66.0 Å². The number of carbonyl (C=O) groups is 1. The number of hydrogen-bond acceptors (Lipinski definition) is 9. The Balaban J connectivity index is 1.51. The van der Waals surface area contributed by atoms with Crippen molar-refractivity contribution in [2.24, 2.45) is 10.7 Å². The van der Waals surface area contributed by atoms with Gasteiger partial charge in [0.25, 0.3) is 5.91 Å². The number of aromatic nitrogens is 1. The second-order valence-electron chi connectivity index (χ2n) is 8.96. The predicted octanol–water partition coefficient (Wildman–Crippen LogP) is 2.84. The minimum Gasteiger partial charge on any atom is -0.495 e. The summed E-state index contributed by atoms with van der Waals surface area (Å²) in [5, 5.41) is 15.0. The summed E-state index contributed by atoms with van der Waals surface area (Å²) in [5.41, 5.74) is 8.70. The van der Waals surface area contributed by atoms with Crippen molar-refractivity contribution < 1.29 is 24.1 Å². The van der Waals surface area contributed by atoms with Crippen LogP contribution in [0.25, 0.3) is 16.3 Å². The topological polar surface area (TPSA) is 132 Å². The first kappa shape index (κ1) is 27.1. The maximum absolute atomic E-state index is 12.8. The normalized spacial score (nSPS) is 15.1. The molecule has 0 saturated carbocycles. The Morgan fingerprint density at radius 3 is 2.68 bits per heavy atom. The van der Waals surface area contributed by atoms with E-state index in [1.807, 2.05) is 30.3 Å². The number of rotatable bonds is 11. The molecule has 10 nitrogen and oxygen atoms in total. The zero-order valence-electron chi connectivity index (χ0n) is 21.8. The summed E-state index contributed by atoms with van der Waals surface area (Å²) in [4.78, 5) is 23.3. The number of anilines is 2. The number of hydrogen-bond donors (Lipinski definition) is 3. The molecule has 0 radical (unpaired) electrons. The number of ether oxygens (including phenoxy) is 3.